The highest BCUT2D eigenvalue weighted by Gasteiger charge is 2.43. The summed E-state index contributed by atoms with van der Waals surface area (Å²) in [7, 11) is 0. The van der Waals surface area contributed by atoms with Gasteiger partial charge in [0, 0.05) is 39.0 Å². The van der Waals surface area contributed by atoms with Crippen molar-refractivity contribution in [3.05, 3.63) is 0 Å². The third-order valence-corrected chi connectivity index (χ3v) is 5.54. The molecular formula is C17H27F2N3O2. The molecule has 1 N–H and O–H groups in total. The number of amides is 2. The van der Waals surface area contributed by atoms with E-state index in [2.05, 4.69) is 5.32 Å². The molecule has 2 aliphatic heterocycles. The van der Waals surface area contributed by atoms with Crippen LogP contribution in [0.25, 0.3) is 0 Å². The van der Waals surface area contributed by atoms with E-state index in [1.807, 2.05) is 4.90 Å². The highest BCUT2D eigenvalue weighted by Crippen LogP contribution is 2.28. The summed E-state index contributed by atoms with van der Waals surface area (Å²) in [4.78, 5) is 28.1. The third kappa shape index (κ3) is 4.23. The number of rotatable bonds is 3. The molecule has 2 amide bonds. The fourth-order valence-corrected chi connectivity index (χ4v) is 4.05. The normalized spacial score (nSPS) is 28.2. The number of hydrogen-bond donors (Lipinski definition) is 1. The molecule has 3 rings (SSSR count). The summed E-state index contributed by atoms with van der Waals surface area (Å²) in [6.45, 7) is 1.49. The van der Waals surface area contributed by atoms with Gasteiger partial charge in [0.15, 0.2) is 0 Å². The van der Waals surface area contributed by atoms with Crippen molar-refractivity contribution >= 4 is 11.8 Å². The van der Waals surface area contributed by atoms with Crippen LogP contribution in [0.2, 0.25) is 0 Å². The number of hydrogen-bond acceptors (Lipinski definition) is 3. The van der Waals surface area contributed by atoms with Gasteiger partial charge in [-0.2, -0.15) is 0 Å². The molecule has 0 aromatic carbocycles. The number of alkyl halides is 2. The number of nitrogens with zero attached hydrogens (tertiary/aromatic N) is 2. The van der Waals surface area contributed by atoms with Gasteiger partial charge in [-0.1, -0.05) is 19.3 Å². The van der Waals surface area contributed by atoms with Crippen LogP contribution in [0.4, 0.5) is 8.78 Å². The lowest BCUT2D eigenvalue weighted by Gasteiger charge is -2.36. The van der Waals surface area contributed by atoms with Crippen LogP contribution in [0.5, 0.6) is 0 Å². The van der Waals surface area contributed by atoms with Crippen molar-refractivity contribution < 1.29 is 18.4 Å². The van der Waals surface area contributed by atoms with E-state index in [0.29, 0.717) is 38.5 Å². The first-order valence-corrected chi connectivity index (χ1v) is 9.12. The molecule has 0 spiro atoms. The van der Waals surface area contributed by atoms with E-state index in [1.54, 1.807) is 4.90 Å². The lowest BCUT2D eigenvalue weighted by atomic mass is 9.86. The van der Waals surface area contributed by atoms with Crippen molar-refractivity contribution in [2.75, 3.05) is 32.7 Å². The summed E-state index contributed by atoms with van der Waals surface area (Å²) in [5.74, 6) is -2.36. The molecule has 136 valence electrons. The van der Waals surface area contributed by atoms with E-state index in [1.165, 1.54) is 19.3 Å². The van der Waals surface area contributed by atoms with Crippen molar-refractivity contribution in [3.63, 3.8) is 0 Å². The highest BCUT2D eigenvalue weighted by atomic mass is 19.3. The average molecular weight is 343 g/mol. The Morgan fingerprint density at radius 2 is 1.62 bits per heavy atom. The van der Waals surface area contributed by atoms with E-state index in [9.17, 15) is 18.4 Å². The number of halogens is 2. The van der Waals surface area contributed by atoms with Gasteiger partial charge in [-0.15, -0.1) is 0 Å². The number of carbonyl (C=O) groups excluding carboxylic acids is 2. The van der Waals surface area contributed by atoms with E-state index in [-0.39, 0.29) is 11.8 Å². The zero-order chi connectivity index (χ0) is 17.2. The molecule has 7 heteroatoms. The van der Waals surface area contributed by atoms with Crippen molar-refractivity contribution in [2.24, 2.45) is 5.92 Å². The van der Waals surface area contributed by atoms with Gasteiger partial charge in [0.2, 0.25) is 11.8 Å². The van der Waals surface area contributed by atoms with Crippen molar-refractivity contribution in [3.8, 4) is 0 Å². The van der Waals surface area contributed by atoms with Gasteiger partial charge >= 0.3 is 0 Å². The van der Waals surface area contributed by atoms with Gasteiger partial charge in [0.25, 0.3) is 5.92 Å². The molecule has 3 fully saturated rings. The molecule has 1 unspecified atom stereocenters. The van der Waals surface area contributed by atoms with Crippen LogP contribution in [0.15, 0.2) is 0 Å². The molecule has 0 aromatic heterocycles. The van der Waals surface area contributed by atoms with Crippen LogP contribution in [-0.2, 0) is 9.59 Å². The second-order valence-electron chi connectivity index (χ2n) is 7.41. The first-order valence-electron chi connectivity index (χ1n) is 9.12. The largest absolute Gasteiger partial charge is 0.339 e. The average Bonchev–Trinajstić information content (AvgIpc) is 2.95. The van der Waals surface area contributed by atoms with Gasteiger partial charge < -0.3 is 9.80 Å². The highest BCUT2D eigenvalue weighted by molar-refractivity contribution is 5.83. The fourth-order valence-electron chi connectivity index (χ4n) is 4.05. The second-order valence-corrected chi connectivity index (χ2v) is 7.41. The van der Waals surface area contributed by atoms with Crippen molar-refractivity contribution in [2.45, 2.75) is 56.9 Å². The number of nitrogens with one attached hydrogen (secondary N) is 1. The van der Waals surface area contributed by atoms with E-state index in [4.69, 9.17) is 0 Å². The minimum atomic E-state index is -2.79. The van der Waals surface area contributed by atoms with Crippen LogP contribution >= 0.6 is 0 Å². The molecule has 2 heterocycles. The maximum Gasteiger partial charge on any atom is 0.262 e. The maximum atomic E-state index is 13.2. The Morgan fingerprint density at radius 3 is 2.21 bits per heavy atom. The smallest absolute Gasteiger partial charge is 0.262 e. The SMILES string of the molecule is O=C(CC1CCCCC1)N1CCN(C(=O)C2CC(F)(F)CN2)CC1. The van der Waals surface area contributed by atoms with Gasteiger partial charge in [0.05, 0.1) is 12.6 Å². The molecular weight excluding hydrogens is 316 g/mol. The zero-order valence-corrected chi connectivity index (χ0v) is 14.1. The Kier molecular flexibility index (Phi) is 5.37. The Balaban J connectivity index is 1.43. The topological polar surface area (TPSA) is 52.7 Å². The predicted octanol–water partition coefficient (Wildman–Crippen LogP) is 1.62. The minimum Gasteiger partial charge on any atom is -0.339 e. The van der Waals surface area contributed by atoms with Crippen LogP contribution in [-0.4, -0.2) is 66.3 Å². The van der Waals surface area contributed by atoms with Gasteiger partial charge in [-0.25, -0.2) is 8.78 Å². The molecule has 1 atom stereocenters. The molecule has 1 saturated carbocycles. The lowest BCUT2D eigenvalue weighted by molar-refractivity contribution is -0.141. The van der Waals surface area contributed by atoms with Crippen molar-refractivity contribution in [1.82, 2.24) is 15.1 Å². The zero-order valence-electron chi connectivity index (χ0n) is 14.1. The summed E-state index contributed by atoms with van der Waals surface area (Å²) < 4.78 is 26.5. The fraction of sp³-hybridized carbons (Fsp3) is 0.882. The number of carbonyl (C=O) groups is 2. The van der Waals surface area contributed by atoms with E-state index in [0.717, 1.165) is 12.8 Å². The first-order chi connectivity index (χ1) is 11.4. The molecule has 24 heavy (non-hydrogen) atoms. The summed E-state index contributed by atoms with van der Waals surface area (Å²) >= 11 is 0. The molecule has 0 aromatic rings. The Morgan fingerprint density at radius 1 is 1.00 bits per heavy atom. The van der Waals surface area contributed by atoms with Crippen LogP contribution < -0.4 is 5.32 Å². The molecule has 5 nitrogen and oxygen atoms in total. The minimum absolute atomic E-state index is 0.180. The monoisotopic (exact) mass is 343 g/mol. The first kappa shape index (κ1) is 17.6. The Bertz CT molecular complexity index is 472. The summed E-state index contributed by atoms with van der Waals surface area (Å²) in [5.41, 5.74) is 0. The summed E-state index contributed by atoms with van der Waals surface area (Å²) in [6.07, 6.45) is 6.20. The standard InChI is InChI=1S/C17H27F2N3O2/c18-17(19)11-14(20-12-17)16(24)22-8-6-21(7-9-22)15(23)10-13-4-2-1-3-5-13/h13-14,20H,1-12H2. The summed E-state index contributed by atoms with van der Waals surface area (Å²) in [5, 5.41) is 2.61. The third-order valence-electron chi connectivity index (χ3n) is 5.54. The lowest BCUT2D eigenvalue weighted by Crippen LogP contribution is -2.54. The molecule has 2 saturated heterocycles. The van der Waals surface area contributed by atoms with E-state index >= 15 is 0 Å². The quantitative estimate of drug-likeness (QED) is 0.847. The molecule has 3 aliphatic rings. The molecule has 1 aliphatic carbocycles. The maximum absolute atomic E-state index is 13.2. The Labute approximate surface area is 141 Å². The van der Waals surface area contributed by atoms with Crippen LogP contribution in [0, 0.1) is 5.92 Å². The second kappa shape index (κ2) is 7.33. The van der Waals surface area contributed by atoms with Crippen LogP contribution in [0.3, 0.4) is 0 Å². The van der Waals surface area contributed by atoms with Crippen LogP contribution in [0.1, 0.15) is 44.9 Å². The molecule has 0 bridgehead atoms. The van der Waals surface area contributed by atoms with Gasteiger partial charge in [-0.3, -0.25) is 14.9 Å². The van der Waals surface area contributed by atoms with Gasteiger partial charge in [-0.05, 0) is 18.8 Å². The van der Waals surface area contributed by atoms with Crippen molar-refractivity contribution in [1.29, 1.82) is 0 Å². The summed E-state index contributed by atoms with van der Waals surface area (Å²) in [6, 6.07) is -0.788. The predicted molar refractivity (Wildman–Crippen MR) is 85.7 cm³/mol. The Hall–Kier alpha value is -1.24. The van der Waals surface area contributed by atoms with Gasteiger partial charge in [0.1, 0.15) is 0 Å². The van der Waals surface area contributed by atoms with E-state index < -0.39 is 24.9 Å². The number of piperazine rings is 1. The molecule has 0 radical (unpaired) electrons.